The Labute approximate surface area is 148 Å². The molecule has 1 aromatic heterocycles. The van der Waals surface area contributed by atoms with Crippen LogP contribution >= 0.6 is 11.6 Å². The monoisotopic (exact) mass is 369 g/mol. The van der Waals surface area contributed by atoms with E-state index < -0.39 is 18.1 Å². The smallest absolute Gasteiger partial charge is 0.344 e. The number of alkyl halides is 3. The minimum absolute atomic E-state index is 0.225. The van der Waals surface area contributed by atoms with Gasteiger partial charge in [0.15, 0.2) is 0 Å². The molecule has 0 aliphatic heterocycles. The van der Waals surface area contributed by atoms with E-state index in [-0.39, 0.29) is 6.42 Å². The summed E-state index contributed by atoms with van der Waals surface area (Å²) in [4.78, 5) is 18.9. The van der Waals surface area contributed by atoms with Crippen LogP contribution in [0.3, 0.4) is 0 Å². The van der Waals surface area contributed by atoms with Crippen molar-refractivity contribution >= 4 is 24.2 Å². The van der Waals surface area contributed by atoms with Crippen LogP contribution in [0.25, 0.3) is 0 Å². The Balaban J connectivity index is 2.70. The van der Waals surface area contributed by atoms with Gasteiger partial charge in [0.05, 0.1) is 0 Å². The normalized spacial score (nSPS) is 13.1. The van der Waals surface area contributed by atoms with E-state index >= 15 is 0 Å². The van der Waals surface area contributed by atoms with Crippen molar-refractivity contribution in [1.29, 1.82) is 0 Å². The summed E-state index contributed by atoms with van der Waals surface area (Å²) in [6.07, 6.45) is 1.03. The lowest BCUT2D eigenvalue weighted by Gasteiger charge is -2.16. The highest BCUT2D eigenvalue weighted by Gasteiger charge is 2.36. The van der Waals surface area contributed by atoms with Gasteiger partial charge in [0, 0.05) is 30.0 Å². The Kier molecular flexibility index (Phi) is 7.89. The van der Waals surface area contributed by atoms with Gasteiger partial charge in [-0.25, -0.2) is 4.98 Å². The number of nitrogens with one attached hydrogen (secondary N) is 1. The number of allylic oxidation sites excluding steroid dienone is 2. The summed E-state index contributed by atoms with van der Waals surface area (Å²) in [5, 5.41) is 2.16. The standard InChI is InChI=1S/C17H15ClF3N3O/c1-12(17(19,20)21)24-16(25)5-3-4-14(11-22-2)7-6-13-8-9-23-15(18)10-13/h3-4,8-12H,2,5H2,1H3,(H,24,25)/b4-3-,14-11+/t12-/m1/s1. The van der Waals surface area contributed by atoms with E-state index in [0.29, 0.717) is 16.3 Å². The Morgan fingerprint density at radius 2 is 2.28 bits per heavy atom. The molecule has 25 heavy (non-hydrogen) atoms. The number of carbonyl (C=O) groups excluding carboxylic acids is 1. The average molecular weight is 370 g/mol. The van der Waals surface area contributed by atoms with Crippen LogP contribution in [0.4, 0.5) is 13.2 Å². The first-order valence-electron chi connectivity index (χ1n) is 7.04. The first-order valence-corrected chi connectivity index (χ1v) is 7.42. The van der Waals surface area contributed by atoms with E-state index in [1.807, 2.05) is 5.32 Å². The van der Waals surface area contributed by atoms with Gasteiger partial charge >= 0.3 is 6.18 Å². The van der Waals surface area contributed by atoms with Gasteiger partial charge in [-0.15, -0.1) is 0 Å². The molecule has 0 unspecified atom stereocenters. The van der Waals surface area contributed by atoms with Crippen LogP contribution in [0.15, 0.2) is 47.2 Å². The molecule has 1 atom stereocenters. The van der Waals surface area contributed by atoms with Gasteiger partial charge in [-0.3, -0.25) is 9.79 Å². The maximum Gasteiger partial charge on any atom is 0.408 e. The minimum Gasteiger partial charge on any atom is -0.344 e. The molecule has 1 aromatic rings. The quantitative estimate of drug-likeness (QED) is 0.372. The Morgan fingerprint density at radius 1 is 1.56 bits per heavy atom. The molecular weight excluding hydrogens is 355 g/mol. The molecule has 0 fully saturated rings. The van der Waals surface area contributed by atoms with E-state index in [1.54, 1.807) is 12.1 Å². The maximum atomic E-state index is 12.4. The van der Waals surface area contributed by atoms with Gasteiger partial charge in [-0.1, -0.05) is 29.5 Å². The Morgan fingerprint density at radius 3 is 2.88 bits per heavy atom. The van der Waals surface area contributed by atoms with E-state index in [0.717, 1.165) is 6.92 Å². The number of rotatable bonds is 5. The molecular formula is C17H15ClF3N3O. The third-order valence-electron chi connectivity index (χ3n) is 2.78. The molecule has 1 heterocycles. The van der Waals surface area contributed by atoms with Crippen molar-refractivity contribution in [3.8, 4) is 11.8 Å². The highest BCUT2D eigenvalue weighted by atomic mass is 35.5. The zero-order valence-electron chi connectivity index (χ0n) is 13.3. The summed E-state index contributed by atoms with van der Waals surface area (Å²) >= 11 is 5.75. The summed E-state index contributed by atoms with van der Waals surface area (Å²) in [5.74, 6) is 4.88. The highest BCUT2D eigenvalue weighted by Crippen LogP contribution is 2.19. The second-order valence-electron chi connectivity index (χ2n) is 4.82. The van der Waals surface area contributed by atoms with Crippen molar-refractivity contribution < 1.29 is 18.0 Å². The summed E-state index contributed by atoms with van der Waals surface area (Å²) in [7, 11) is 0. The zero-order chi connectivity index (χ0) is 18.9. The van der Waals surface area contributed by atoms with Crippen molar-refractivity contribution in [2.45, 2.75) is 25.6 Å². The fourth-order valence-corrected chi connectivity index (χ4v) is 1.69. The maximum absolute atomic E-state index is 12.4. The summed E-state index contributed by atoms with van der Waals surface area (Å²) in [5.41, 5.74) is 1.06. The summed E-state index contributed by atoms with van der Waals surface area (Å²) < 4.78 is 37.1. The highest BCUT2D eigenvalue weighted by molar-refractivity contribution is 6.29. The van der Waals surface area contributed by atoms with Crippen molar-refractivity contribution in [2.75, 3.05) is 0 Å². The average Bonchev–Trinajstić information content (AvgIpc) is 2.51. The molecule has 0 aromatic carbocycles. The van der Waals surface area contributed by atoms with E-state index in [9.17, 15) is 18.0 Å². The molecule has 8 heteroatoms. The van der Waals surface area contributed by atoms with Gasteiger partial charge in [-0.2, -0.15) is 13.2 Å². The van der Waals surface area contributed by atoms with Crippen LogP contribution in [0.5, 0.6) is 0 Å². The molecule has 0 aliphatic rings. The van der Waals surface area contributed by atoms with Crippen molar-refractivity contribution in [1.82, 2.24) is 10.3 Å². The molecule has 1 rings (SSSR count). The molecule has 0 saturated heterocycles. The molecule has 0 saturated carbocycles. The summed E-state index contributed by atoms with van der Waals surface area (Å²) in [6.45, 7) is 4.19. The number of amides is 1. The lowest BCUT2D eigenvalue weighted by Crippen LogP contribution is -2.42. The second-order valence-corrected chi connectivity index (χ2v) is 5.21. The molecule has 0 spiro atoms. The number of pyridine rings is 1. The number of hydrogen-bond donors (Lipinski definition) is 1. The SMILES string of the molecule is C=N/C=C(C#Cc1ccnc(Cl)c1)\C=C/CC(=O)N[C@H](C)C(F)(F)F. The third kappa shape index (κ3) is 8.18. The molecule has 132 valence electrons. The predicted octanol–water partition coefficient (Wildman–Crippen LogP) is 3.68. The van der Waals surface area contributed by atoms with Crippen molar-refractivity contribution in [3.63, 3.8) is 0 Å². The van der Waals surface area contributed by atoms with Gasteiger partial charge in [0.2, 0.25) is 5.91 Å². The van der Waals surface area contributed by atoms with Gasteiger partial charge in [0.1, 0.15) is 11.2 Å². The van der Waals surface area contributed by atoms with E-state index in [2.05, 4.69) is 28.5 Å². The van der Waals surface area contributed by atoms with E-state index in [1.165, 1.54) is 24.5 Å². The van der Waals surface area contributed by atoms with Gasteiger partial charge in [0.25, 0.3) is 0 Å². The fourth-order valence-electron chi connectivity index (χ4n) is 1.52. The number of aromatic nitrogens is 1. The molecule has 1 N–H and O–H groups in total. The van der Waals surface area contributed by atoms with Gasteiger partial charge < -0.3 is 5.32 Å². The topological polar surface area (TPSA) is 54.4 Å². The molecule has 4 nitrogen and oxygen atoms in total. The third-order valence-corrected chi connectivity index (χ3v) is 2.98. The molecule has 0 aliphatic carbocycles. The van der Waals surface area contributed by atoms with Crippen molar-refractivity contribution in [2.24, 2.45) is 4.99 Å². The number of aliphatic imine (C=N–C) groups is 1. The van der Waals surface area contributed by atoms with E-state index in [4.69, 9.17) is 11.6 Å². The predicted molar refractivity (Wildman–Crippen MR) is 91.2 cm³/mol. The van der Waals surface area contributed by atoms with Crippen molar-refractivity contribution in [3.05, 3.63) is 53.0 Å². The van der Waals surface area contributed by atoms with Crippen LogP contribution in [-0.4, -0.2) is 29.8 Å². The number of nitrogens with zero attached hydrogens (tertiary/aromatic N) is 2. The number of hydrogen-bond acceptors (Lipinski definition) is 3. The lowest BCUT2D eigenvalue weighted by molar-refractivity contribution is -0.157. The largest absolute Gasteiger partial charge is 0.408 e. The summed E-state index contributed by atoms with van der Waals surface area (Å²) in [6, 6.07) is 1.32. The minimum atomic E-state index is -4.48. The van der Waals surface area contributed by atoms with Gasteiger partial charge in [-0.05, 0) is 31.9 Å². The first-order chi connectivity index (χ1) is 11.7. The molecule has 0 radical (unpaired) electrons. The fraction of sp³-hybridized carbons (Fsp3) is 0.235. The second kappa shape index (κ2) is 9.64. The lowest BCUT2D eigenvalue weighted by atomic mass is 10.2. The van der Waals surface area contributed by atoms with Crippen LogP contribution in [0, 0.1) is 11.8 Å². The van der Waals surface area contributed by atoms with Crippen LogP contribution in [-0.2, 0) is 4.79 Å². The molecule has 0 bridgehead atoms. The first kappa shape index (κ1) is 20.5. The van der Waals surface area contributed by atoms with Crippen LogP contribution < -0.4 is 5.32 Å². The zero-order valence-corrected chi connectivity index (χ0v) is 14.0. The Hall–Kier alpha value is -2.59. The van der Waals surface area contributed by atoms with Crippen LogP contribution in [0.1, 0.15) is 18.9 Å². The number of halogens is 4. The molecule has 1 amide bonds. The number of carbonyl (C=O) groups is 1. The van der Waals surface area contributed by atoms with Crippen LogP contribution in [0.2, 0.25) is 5.15 Å². The Bertz CT molecular complexity index is 745.